The largest absolute Gasteiger partial charge is 0.465 e. The molecule has 45 heavy (non-hydrogen) atoms. The average molecular weight is 647 g/mol. The minimum absolute atomic E-state index is 0.0224. The number of piperazine rings is 1. The first-order valence-corrected chi connectivity index (χ1v) is 17.0. The van der Waals surface area contributed by atoms with Crippen LogP contribution >= 0.6 is 7.60 Å². The number of aromatic nitrogens is 2. The number of aryl methyl sites for hydroxylation is 1. The molecule has 15 heteroatoms. The molecule has 2 aliphatic rings. The van der Waals surface area contributed by atoms with Gasteiger partial charge in [-0.1, -0.05) is 29.8 Å². The highest BCUT2D eigenvalue weighted by Gasteiger charge is 2.34. The topological polar surface area (TPSA) is 164 Å². The highest BCUT2D eigenvalue weighted by Crippen LogP contribution is 2.48. The van der Waals surface area contributed by atoms with Gasteiger partial charge in [-0.3, -0.25) is 14.2 Å². The number of ether oxygens (including phenoxy) is 1. The Labute approximate surface area is 263 Å². The van der Waals surface area contributed by atoms with Gasteiger partial charge in [-0.25, -0.2) is 14.8 Å². The third kappa shape index (κ3) is 9.00. The number of amides is 3. The molecule has 0 aliphatic carbocycles. The summed E-state index contributed by atoms with van der Waals surface area (Å²) in [6, 6.07) is 8.17. The van der Waals surface area contributed by atoms with E-state index in [1.165, 1.54) is 9.80 Å². The Morgan fingerprint density at radius 1 is 1.02 bits per heavy atom. The zero-order chi connectivity index (χ0) is 32.6. The predicted octanol–water partition coefficient (Wildman–Crippen LogP) is 3.25. The highest BCUT2D eigenvalue weighted by molar-refractivity contribution is 7.53. The van der Waals surface area contributed by atoms with Crippen molar-refractivity contribution < 1.29 is 37.8 Å². The maximum Gasteiger partial charge on any atom is 0.407 e. The number of anilines is 1. The van der Waals surface area contributed by atoms with E-state index in [9.17, 15) is 24.1 Å². The lowest BCUT2D eigenvalue weighted by Gasteiger charge is -2.35. The van der Waals surface area contributed by atoms with Crippen LogP contribution in [0.3, 0.4) is 0 Å². The molecule has 0 saturated carbocycles. The molecule has 246 valence electrons. The molecule has 2 aliphatic heterocycles. The molecule has 2 saturated heterocycles. The lowest BCUT2D eigenvalue weighted by atomic mass is 10.1. The van der Waals surface area contributed by atoms with Crippen LogP contribution in [0.25, 0.3) is 11.4 Å². The second kappa shape index (κ2) is 15.6. The maximum atomic E-state index is 13.9. The number of hydrogen-bond acceptors (Lipinski definition) is 10. The summed E-state index contributed by atoms with van der Waals surface area (Å²) in [5.74, 6) is -0.0818. The fourth-order valence-electron chi connectivity index (χ4n) is 5.35. The van der Waals surface area contributed by atoms with Crippen LogP contribution < -0.4 is 10.2 Å². The molecule has 14 nitrogen and oxygen atoms in total. The van der Waals surface area contributed by atoms with Crippen molar-refractivity contribution in [1.29, 1.82) is 0 Å². The molecule has 3 amide bonds. The van der Waals surface area contributed by atoms with Crippen molar-refractivity contribution in [2.45, 2.75) is 45.8 Å². The Morgan fingerprint density at radius 3 is 2.24 bits per heavy atom. The first-order valence-electron chi connectivity index (χ1n) is 15.2. The van der Waals surface area contributed by atoms with Gasteiger partial charge in [0.25, 0.3) is 5.91 Å². The Morgan fingerprint density at radius 2 is 1.67 bits per heavy atom. The van der Waals surface area contributed by atoms with Gasteiger partial charge in [0.1, 0.15) is 17.6 Å². The third-order valence-electron chi connectivity index (χ3n) is 7.87. The van der Waals surface area contributed by atoms with Gasteiger partial charge in [-0.05, 0) is 33.6 Å². The molecular formula is C30H43N6O8P. The summed E-state index contributed by atoms with van der Waals surface area (Å²) >= 11 is 0. The fraction of sp³-hybridized carbons (Fsp3) is 0.567. The Balaban J connectivity index is 1.62. The van der Waals surface area contributed by atoms with Gasteiger partial charge in [0.15, 0.2) is 5.82 Å². The monoisotopic (exact) mass is 646 g/mol. The van der Waals surface area contributed by atoms with Crippen LogP contribution in [0, 0.1) is 6.92 Å². The lowest BCUT2D eigenvalue weighted by Crippen LogP contribution is -2.56. The first kappa shape index (κ1) is 34.3. The molecule has 0 radical (unpaired) electrons. The average Bonchev–Trinajstić information content (AvgIpc) is 3.53. The molecular weight excluding hydrogens is 603 g/mol. The van der Waals surface area contributed by atoms with Crippen molar-refractivity contribution in [1.82, 2.24) is 25.1 Å². The molecule has 2 fully saturated rings. The Hall–Kier alpha value is -3.58. The highest BCUT2D eigenvalue weighted by atomic mass is 31.2. The van der Waals surface area contributed by atoms with Crippen molar-refractivity contribution in [3.63, 3.8) is 0 Å². The van der Waals surface area contributed by atoms with E-state index in [4.69, 9.17) is 18.8 Å². The quantitative estimate of drug-likeness (QED) is 0.307. The molecule has 2 aromatic rings. The van der Waals surface area contributed by atoms with Crippen LogP contribution in [0.2, 0.25) is 0 Å². The van der Waals surface area contributed by atoms with Crippen molar-refractivity contribution in [2.75, 3.05) is 70.7 Å². The van der Waals surface area contributed by atoms with E-state index in [2.05, 4.69) is 10.3 Å². The summed E-state index contributed by atoms with van der Waals surface area (Å²) in [4.78, 5) is 53.1. The van der Waals surface area contributed by atoms with E-state index >= 15 is 0 Å². The Bertz CT molecular complexity index is 1380. The van der Waals surface area contributed by atoms with Crippen LogP contribution in [-0.2, 0) is 23.1 Å². The van der Waals surface area contributed by atoms with E-state index in [0.717, 1.165) is 17.5 Å². The first-order chi connectivity index (χ1) is 21.6. The van der Waals surface area contributed by atoms with E-state index in [0.29, 0.717) is 24.7 Å². The van der Waals surface area contributed by atoms with Gasteiger partial charge in [0.2, 0.25) is 5.91 Å². The molecule has 1 aromatic carbocycles. The normalized spacial score (nSPS) is 17.8. The van der Waals surface area contributed by atoms with Gasteiger partial charge in [0.05, 0.1) is 25.5 Å². The molecule has 3 heterocycles. The number of carbonyl (C=O) groups excluding carboxylic acids is 2. The smallest absolute Gasteiger partial charge is 0.407 e. The number of carboxylic acid groups (broad SMARTS) is 1. The lowest BCUT2D eigenvalue weighted by molar-refractivity contribution is -0.134. The van der Waals surface area contributed by atoms with Crippen molar-refractivity contribution in [2.24, 2.45) is 0 Å². The van der Waals surface area contributed by atoms with Gasteiger partial charge in [-0.15, -0.1) is 0 Å². The van der Waals surface area contributed by atoms with Gasteiger partial charge in [0, 0.05) is 58.0 Å². The van der Waals surface area contributed by atoms with Crippen LogP contribution in [0.15, 0.2) is 30.3 Å². The number of methoxy groups -OCH3 is 1. The third-order valence-corrected chi connectivity index (χ3v) is 9.97. The zero-order valence-electron chi connectivity index (χ0n) is 26.3. The van der Waals surface area contributed by atoms with Crippen molar-refractivity contribution in [3.8, 4) is 11.4 Å². The predicted molar refractivity (Wildman–Crippen MR) is 168 cm³/mol. The summed E-state index contributed by atoms with van der Waals surface area (Å²) < 4.78 is 29.7. The van der Waals surface area contributed by atoms with Gasteiger partial charge >= 0.3 is 13.7 Å². The van der Waals surface area contributed by atoms with E-state index in [-0.39, 0.29) is 63.8 Å². The van der Waals surface area contributed by atoms with Crippen LogP contribution in [0.4, 0.5) is 10.6 Å². The summed E-state index contributed by atoms with van der Waals surface area (Å²) in [5, 5.41) is 12.1. The standard InChI is InChI=1S/C30H43N6O8P/c1-5-43-45(41,44-6-2)18-12-24(29(38)34-14-16-35(17-15-34)30(39)40)32-28(37)25-19-26(36-13-11-23(20-36)42-4)33-27(31-25)22-9-7-21(3)8-10-22/h7-10,19,23-24H,5-6,11-18,20H2,1-4H3,(H,32,37)(H,39,40)/t23-,24-/m0/s1. The van der Waals surface area contributed by atoms with Crippen LogP contribution in [-0.4, -0.2) is 121 Å². The number of hydrogen-bond donors (Lipinski definition) is 2. The minimum atomic E-state index is -3.53. The summed E-state index contributed by atoms with van der Waals surface area (Å²) in [5.41, 5.74) is 1.87. The molecule has 4 rings (SSSR count). The molecule has 0 spiro atoms. The SMILES string of the molecule is CCOP(=O)(CC[C@H](NC(=O)c1cc(N2CC[C@H](OC)C2)nc(-c2ccc(C)cc2)n1)C(=O)N1CCN(C(=O)O)CC1)OCC. The summed E-state index contributed by atoms with van der Waals surface area (Å²) in [6.07, 6.45) is -0.329. The van der Waals surface area contributed by atoms with Crippen LogP contribution in [0.5, 0.6) is 0 Å². The summed E-state index contributed by atoms with van der Waals surface area (Å²) in [6.45, 7) is 7.61. The number of benzene rings is 1. The van der Waals surface area contributed by atoms with Crippen molar-refractivity contribution >= 4 is 31.3 Å². The summed E-state index contributed by atoms with van der Waals surface area (Å²) in [7, 11) is -1.86. The second-order valence-corrected chi connectivity index (χ2v) is 13.2. The Kier molecular flexibility index (Phi) is 11.9. The molecule has 2 N–H and O–H groups in total. The van der Waals surface area contributed by atoms with E-state index in [1.54, 1.807) is 27.0 Å². The van der Waals surface area contributed by atoms with Crippen LogP contribution in [0.1, 0.15) is 42.7 Å². The molecule has 1 aromatic heterocycles. The fourth-order valence-corrected chi connectivity index (χ4v) is 7.04. The molecule has 0 bridgehead atoms. The number of nitrogens with zero attached hydrogens (tertiary/aromatic N) is 5. The van der Waals surface area contributed by atoms with Gasteiger partial charge in [-0.2, -0.15) is 0 Å². The minimum Gasteiger partial charge on any atom is -0.465 e. The van der Waals surface area contributed by atoms with E-state index in [1.807, 2.05) is 36.1 Å². The molecule has 2 atom stereocenters. The maximum absolute atomic E-state index is 13.9. The van der Waals surface area contributed by atoms with Crippen molar-refractivity contribution in [3.05, 3.63) is 41.6 Å². The zero-order valence-corrected chi connectivity index (χ0v) is 27.2. The number of rotatable bonds is 13. The van der Waals surface area contributed by atoms with Gasteiger partial charge < -0.3 is 38.9 Å². The molecule has 0 unspecified atom stereocenters. The number of nitrogens with one attached hydrogen (secondary N) is 1. The number of carbonyl (C=O) groups is 3. The van der Waals surface area contributed by atoms with E-state index < -0.39 is 31.5 Å². The second-order valence-electron chi connectivity index (χ2n) is 11.0.